The summed E-state index contributed by atoms with van der Waals surface area (Å²) in [6.45, 7) is 1.13. The Kier molecular flexibility index (Phi) is 2.98. The van der Waals surface area contributed by atoms with Crippen molar-refractivity contribution in [1.29, 1.82) is 0 Å². The van der Waals surface area contributed by atoms with E-state index < -0.39 is 17.6 Å². The molecule has 13 heavy (non-hydrogen) atoms. The average Bonchev–Trinajstić information content (AvgIpc) is 1.96. The lowest BCUT2D eigenvalue weighted by Crippen LogP contribution is -2.04. The van der Waals surface area contributed by atoms with Crippen LogP contribution in [0, 0.1) is 11.6 Å². The first-order valence-corrected chi connectivity index (χ1v) is 4.13. The molecule has 0 radical (unpaired) electrons. The lowest BCUT2D eigenvalue weighted by molar-refractivity contribution is -0.132. The molecule has 0 unspecified atom stereocenters. The Hall–Kier alpha value is -0.970. The van der Waals surface area contributed by atoms with Crippen molar-refractivity contribution in [3.63, 3.8) is 0 Å². The monoisotopic (exact) mass is 250 g/mol. The smallest absolute Gasteiger partial charge is 0.308 e. The van der Waals surface area contributed by atoms with E-state index in [1.54, 1.807) is 0 Å². The summed E-state index contributed by atoms with van der Waals surface area (Å²) in [7, 11) is 0. The Labute approximate surface area is 81.6 Å². The van der Waals surface area contributed by atoms with Gasteiger partial charge in [0, 0.05) is 13.0 Å². The summed E-state index contributed by atoms with van der Waals surface area (Å²) in [6.07, 6.45) is 0. The largest absolute Gasteiger partial charge is 0.422 e. The van der Waals surface area contributed by atoms with Gasteiger partial charge < -0.3 is 4.74 Å². The Bertz CT molecular complexity index is 329. The molecule has 5 heteroatoms. The predicted molar refractivity (Wildman–Crippen MR) is 45.4 cm³/mol. The maximum absolute atomic E-state index is 12.9. The second-order valence-electron chi connectivity index (χ2n) is 2.29. The van der Waals surface area contributed by atoms with Gasteiger partial charge in [-0.1, -0.05) is 0 Å². The van der Waals surface area contributed by atoms with Gasteiger partial charge in [0.05, 0.1) is 4.47 Å². The number of halogens is 3. The van der Waals surface area contributed by atoms with E-state index in [-0.39, 0.29) is 10.2 Å². The zero-order valence-electron chi connectivity index (χ0n) is 6.61. The summed E-state index contributed by atoms with van der Waals surface area (Å²) in [4.78, 5) is 10.5. The van der Waals surface area contributed by atoms with Crippen LogP contribution in [0.1, 0.15) is 6.92 Å². The Balaban J connectivity index is 3.13. The molecule has 0 aliphatic rings. The molecular weight excluding hydrogens is 246 g/mol. The number of carbonyl (C=O) groups is 1. The minimum Gasteiger partial charge on any atom is -0.422 e. The maximum Gasteiger partial charge on any atom is 0.308 e. The third kappa shape index (κ3) is 2.48. The molecule has 0 atom stereocenters. The second-order valence-corrected chi connectivity index (χ2v) is 3.15. The van der Waals surface area contributed by atoms with Crippen molar-refractivity contribution in [3.05, 3.63) is 28.2 Å². The third-order valence-electron chi connectivity index (χ3n) is 1.21. The van der Waals surface area contributed by atoms with Crippen molar-refractivity contribution < 1.29 is 18.3 Å². The first kappa shape index (κ1) is 10.1. The van der Waals surface area contributed by atoms with E-state index in [0.717, 1.165) is 13.0 Å². The summed E-state index contributed by atoms with van der Waals surface area (Å²) >= 11 is 2.87. The maximum atomic E-state index is 12.9. The molecule has 0 saturated heterocycles. The van der Waals surface area contributed by atoms with Gasteiger partial charge in [-0.05, 0) is 22.0 Å². The molecule has 0 bridgehead atoms. The number of hydrogen-bond acceptors (Lipinski definition) is 2. The first-order valence-electron chi connectivity index (χ1n) is 3.33. The van der Waals surface area contributed by atoms with Gasteiger partial charge in [0.1, 0.15) is 5.82 Å². The van der Waals surface area contributed by atoms with Gasteiger partial charge in [-0.25, -0.2) is 8.78 Å². The quantitative estimate of drug-likeness (QED) is 0.566. The van der Waals surface area contributed by atoms with E-state index >= 15 is 0 Å². The van der Waals surface area contributed by atoms with Gasteiger partial charge in [-0.15, -0.1) is 0 Å². The highest BCUT2D eigenvalue weighted by molar-refractivity contribution is 9.10. The molecule has 1 aromatic rings. The summed E-state index contributed by atoms with van der Waals surface area (Å²) in [5.74, 6) is -2.61. The number of ether oxygens (including phenoxy) is 1. The summed E-state index contributed by atoms with van der Waals surface area (Å²) in [6, 6.07) is 1.66. The van der Waals surface area contributed by atoms with Gasteiger partial charge >= 0.3 is 5.97 Å². The van der Waals surface area contributed by atoms with Crippen LogP contribution < -0.4 is 4.74 Å². The van der Waals surface area contributed by atoms with E-state index in [4.69, 9.17) is 0 Å². The second kappa shape index (κ2) is 3.83. The Morgan fingerprint density at radius 3 is 2.54 bits per heavy atom. The summed E-state index contributed by atoms with van der Waals surface area (Å²) < 4.78 is 30.0. The number of hydrogen-bond donors (Lipinski definition) is 0. The molecule has 0 aromatic heterocycles. The van der Waals surface area contributed by atoms with Crippen LogP contribution in [0.15, 0.2) is 16.6 Å². The molecule has 0 fully saturated rings. The van der Waals surface area contributed by atoms with Crippen molar-refractivity contribution in [2.75, 3.05) is 0 Å². The van der Waals surface area contributed by atoms with Gasteiger partial charge in [0.2, 0.25) is 0 Å². The third-order valence-corrected chi connectivity index (χ3v) is 1.80. The van der Waals surface area contributed by atoms with Crippen LogP contribution in [0.25, 0.3) is 0 Å². The van der Waals surface area contributed by atoms with Gasteiger partial charge in [-0.3, -0.25) is 4.79 Å². The van der Waals surface area contributed by atoms with E-state index in [2.05, 4.69) is 20.7 Å². The lowest BCUT2D eigenvalue weighted by Gasteiger charge is -2.04. The standard InChI is InChI=1S/C8H5BrF2O2/c1-4(12)13-8-6(9)2-5(10)3-7(8)11/h2-3H,1H3. The van der Waals surface area contributed by atoms with Crippen LogP contribution in [-0.4, -0.2) is 5.97 Å². The first-order chi connectivity index (χ1) is 6.00. The lowest BCUT2D eigenvalue weighted by atomic mass is 10.3. The molecule has 70 valence electrons. The molecule has 1 aromatic carbocycles. The zero-order valence-corrected chi connectivity index (χ0v) is 8.19. The Morgan fingerprint density at radius 2 is 2.08 bits per heavy atom. The van der Waals surface area contributed by atoms with Crippen LogP contribution in [0.5, 0.6) is 5.75 Å². The van der Waals surface area contributed by atoms with Gasteiger partial charge in [0.25, 0.3) is 0 Å². The van der Waals surface area contributed by atoms with Crippen molar-refractivity contribution >= 4 is 21.9 Å². The van der Waals surface area contributed by atoms with E-state index in [0.29, 0.717) is 6.07 Å². The highest BCUT2D eigenvalue weighted by atomic mass is 79.9. The van der Waals surface area contributed by atoms with E-state index in [1.807, 2.05) is 0 Å². The van der Waals surface area contributed by atoms with Crippen molar-refractivity contribution in [2.45, 2.75) is 6.92 Å². The van der Waals surface area contributed by atoms with Crippen molar-refractivity contribution in [3.8, 4) is 5.75 Å². The van der Waals surface area contributed by atoms with Crippen LogP contribution in [0.2, 0.25) is 0 Å². The fraction of sp³-hybridized carbons (Fsp3) is 0.125. The van der Waals surface area contributed by atoms with Crippen molar-refractivity contribution in [1.82, 2.24) is 0 Å². The highest BCUT2D eigenvalue weighted by Gasteiger charge is 2.12. The molecule has 0 amide bonds. The topological polar surface area (TPSA) is 26.3 Å². The van der Waals surface area contributed by atoms with Crippen LogP contribution in [-0.2, 0) is 4.79 Å². The number of esters is 1. The van der Waals surface area contributed by atoms with Gasteiger partial charge in [0.15, 0.2) is 11.6 Å². The van der Waals surface area contributed by atoms with E-state index in [1.165, 1.54) is 0 Å². The van der Waals surface area contributed by atoms with Crippen LogP contribution >= 0.6 is 15.9 Å². The highest BCUT2D eigenvalue weighted by Crippen LogP contribution is 2.29. The molecule has 0 heterocycles. The normalized spacial score (nSPS) is 9.85. The SMILES string of the molecule is CC(=O)Oc1c(F)cc(F)cc1Br. The molecule has 0 N–H and O–H groups in total. The molecule has 0 aliphatic carbocycles. The molecule has 1 rings (SSSR count). The number of carbonyl (C=O) groups excluding carboxylic acids is 1. The summed E-state index contributed by atoms with van der Waals surface area (Å²) in [5, 5.41) is 0. The predicted octanol–water partition coefficient (Wildman–Crippen LogP) is 2.65. The fourth-order valence-corrected chi connectivity index (χ4v) is 1.26. The fourth-order valence-electron chi connectivity index (χ4n) is 0.770. The molecule has 2 nitrogen and oxygen atoms in total. The molecule has 0 saturated carbocycles. The van der Waals surface area contributed by atoms with Crippen LogP contribution in [0.4, 0.5) is 8.78 Å². The average molecular weight is 251 g/mol. The zero-order chi connectivity index (χ0) is 10.0. The van der Waals surface area contributed by atoms with Crippen LogP contribution in [0.3, 0.4) is 0 Å². The van der Waals surface area contributed by atoms with Crippen molar-refractivity contribution in [2.24, 2.45) is 0 Å². The molecular formula is C8H5BrF2O2. The minimum absolute atomic E-state index is 0.0696. The Morgan fingerprint density at radius 1 is 1.46 bits per heavy atom. The number of benzene rings is 1. The molecule has 0 spiro atoms. The summed E-state index contributed by atoms with van der Waals surface area (Å²) in [5.41, 5.74) is 0. The minimum atomic E-state index is -0.915. The number of rotatable bonds is 1. The van der Waals surface area contributed by atoms with Gasteiger partial charge in [-0.2, -0.15) is 0 Å². The molecule has 0 aliphatic heterocycles. The van der Waals surface area contributed by atoms with E-state index in [9.17, 15) is 13.6 Å².